The van der Waals surface area contributed by atoms with Crippen molar-refractivity contribution >= 4 is 11.9 Å². The highest BCUT2D eigenvalue weighted by Gasteiger charge is 2.26. The molecule has 0 rings (SSSR count). The second kappa shape index (κ2) is 9.97. The molecule has 0 aliphatic rings. The Morgan fingerprint density at radius 2 is 1.52 bits per heavy atom. The molecular formula is C18H34O3. The van der Waals surface area contributed by atoms with Gasteiger partial charge >= 0.3 is 11.9 Å². The minimum atomic E-state index is -0.376. The molecule has 0 heterocycles. The van der Waals surface area contributed by atoms with E-state index in [0.29, 0.717) is 24.2 Å². The molecule has 0 aliphatic carbocycles. The van der Waals surface area contributed by atoms with E-state index in [0.717, 1.165) is 19.3 Å². The van der Waals surface area contributed by atoms with Crippen molar-refractivity contribution in [1.29, 1.82) is 0 Å². The van der Waals surface area contributed by atoms with E-state index in [1.54, 1.807) is 0 Å². The normalized spacial score (nSPS) is 17.1. The van der Waals surface area contributed by atoms with Crippen molar-refractivity contribution in [2.45, 2.75) is 74.1 Å². The van der Waals surface area contributed by atoms with E-state index >= 15 is 0 Å². The van der Waals surface area contributed by atoms with Crippen LogP contribution in [-0.2, 0) is 14.3 Å². The molecule has 0 bridgehead atoms. The summed E-state index contributed by atoms with van der Waals surface area (Å²) in [7, 11) is 0. The quantitative estimate of drug-likeness (QED) is 0.452. The van der Waals surface area contributed by atoms with Crippen LogP contribution < -0.4 is 0 Å². The Morgan fingerprint density at radius 3 is 2.00 bits per heavy atom. The van der Waals surface area contributed by atoms with Gasteiger partial charge in [-0.05, 0) is 36.5 Å². The fourth-order valence-corrected chi connectivity index (χ4v) is 2.24. The Kier molecular flexibility index (Phi) is 9.56. The van der Waals surface area contributed by atoms with Gasteiger partial charge in [0, 0.05) is 6.42 Å². The molecule has 21 heavy (non-hydrogen) atoms. The lowest BCUT2D eigenvalue weighted by Gasteiger charge is -2.23. The minimum Gasteiger partial charge on any atom is -0.393 e. The number of ether oxygens (including phenoxy) is 1. The maximum atomic E-state index is 12.0. The molecule has 0 aromatic carbocycles. The summed E-state index contributed by atoms with van der Waals surface area (Å²) in [4.78, 5) is 23.7. The van der Waals surface area contributed by atoms with Crippen LogP contribution in [0.2, 0.25) is 0 Å². The smallest absolute Gasteiger partial charge is 0.316 e. The van der Waals surface area contributed by atoms with Gasteiger partial charge in [-0.15, -0.1) is 0 Å². The molecule has 0 saturated heterocycles. The van der Waals surface area contributed by atoms with Crippen molar-refractivity contribution in [3.63, 3.8) is 0 Å². The number of carbonyl (C=O) groups excluding carboxylic acids is 2. The predicted octanol–water partition coefficient (Wildman–Crippen LogP) is 4.84. The van der Waals surface area contributed by atoms with Gasteiger partial charge in [0.15, 0.2) is 0 Å². The van der Waals surface area contributed by atoms with Crippen molar-refractivity contribution < 1.29 is 14.3 Å². The first kappa shape index (κ1) is 20.1. The van der Waals surface area contributed by atoms with Crippen LogP contribution in [-0.4, -0.2) is 11.9 Å². The van der Waals surface area contributed by atoms with E-state index in [1.165, 1.54) is 0 Å². The molecular weight excluding hydrogens is 264 g/mol. The third-order valence-corrected chi connectivity index (χ3v) is 5.09. The van der Waals surface area contributed by atoms with Crippen LogP contribution in [0.4, 0.5) is 0 Å². The number of hydrogen-bond acceptors (Lipinski definition) is 3. The Bertz CT molecular complexity index is 322. The van der Waals surface area contributed by atoms with Gasteiger partial charge < -0.3 is 4.74 Å². The first-order chi connectivity index (χ1) is 9.70. The second-order valence-electron chi connectivity index (χ2n) is 6.94. The zero-order chi connectivity index (χ0) is 16.6. The first-order valence-electron chi connectivity index (χ1n) is 8.45. The molecule has 3 heteroatoms. The molecule has 0 aromatic rings. The Labute approximate surface area is 130 Å². The molecule has 0 fully saturated rings. The van der Waals surface area contributed by atoms with Crippen molar-refractivity contribution in [3.05, 3.63) is 0 Å². The maximum absolute atomic E-state index is 12.0. The topological polar surface area (TPSA) is 43.4 Å². The van der Waals surface area contributed by atoms with Crippen LogP contribution in [0.15, 0.2) is 0 Å². The van der Waals surface area contributed by atoms with Gasteiger partial charge in [-0.2, -0.15) is 0 Å². The second-order valence-corrected chi connectivity index (χ2v) is 6.94. The third-order valence-electron chi connectivity index (χ3n) is 5.09. The molecule has 0 aliphatic heterocycles. The number of carbonyl (C=O) groups is 2. The maximum Gasteiger partial charge on any atom is 0.316 e. The highest BCUT2D eigenvalue weighted by atomic mass is 16.6. The number of hydrogen-bond donors (Lipinski definition) is 0. The van der Waals surface area contributed by atoms with Crippen LogP contribution in [0, 0.1) is 29.6 Å². The van der Waals surface area contributed by atoms with Crippen molar-refractivity contribution in [3.8, 4) is 0 Å². The van der Waals surface area contributed by atoms with Gasteiger partial charge in [0.1, 0.15) is 0 Å². The lowest BCUT2D eigenvalue weighted by atomic mass is 9.84. The minimum absolute atomic E-state index is 0.224. The molecule has 4 atom stereocenters. The van der Waals surface area contributed by atoms with Gasteiger partial charge in [0.25, 0.3) is 0 Å². The molecule has 0 radical (unpaired) electrons. The lowest BCUT2D eigenvalue weighted by molar-refractivity contribution is -0.163. The first-order valence-corrected chi connectivity index (χ1v) is 8.45. The van der Waals surface area contributed by atoms with Crippen LogP contribution in [0.3, 0.4) is 0 Å². The summed E-state index contributed by atoms with van der Waals surface area (Å²) >= 11 is 0. The molecule has 4 unspecified atom stereocenters. The van der Waals surface area contributed by atoms with E-state index in [1.807, 2.05) is 6.92 Å². The average Bonchev–Trinajstić information content (AvgIpc) is 2.44. The third kappa shape index (κ3) is 7.63. The Balaban J connectivity index is 4.12. The zero-order valence-electron chi connectivity index (χ0n) is 14.9. The summed E-state index contributed by atoms with van der Waals surface area (Å²) in [5.41, 5.74) is 0. The van der Waals surface area contributed by atoms with E-state index in [-0.39, 0.29) is 23.8 Å². The molecule has 124 valence electrons. The van der Waals surface area contributed by atoms with E-state index < -0.39 is 0 Å². The molecule has 0 spiro atoms. The Morgan fingerprint density at radius 1 is 0.952 bits per heavy atom. The van der Waals surface area contributed by atoms with Gasteiger partial charge in [-0.1, -0.05) is 54.9 Å². The monoisotopic (exact) mass is 298 g/mol. The van der Waals surface area contributed by atoms with E-state index in [2.05, 4.69) is 41.5 Å². The molecule has 0 aromatic heterocycles. The predicted molar refractivity (Wildman–Crippen MR) is 86.7 cm³/mol. The highest BCUT2D eigenvalue weighted by molar-refractivity contribution is 5.86. The summed E-state index contributed by atoms with van der Waals surface area (Å²) in [6, 6.07) is 0. The van der Waals surface area contributed by atoms with E-state index in [4.69, 9.17) is 4.74 Å². The summed E-state index contributed by atoms with van der Waals surface area (Å²) in [5, 5.41) is 0. The van der Waals surface area contributed by atoms with Gasteiger partial charge in [-0.3, -0.25) is 9.59 Å². The summed E-state index contributed by atoms with van der Waals surface area (Å²) in [6.07, 6.45) is 3.16. The molecule has 0 amide bonds. The highest BCUT2D eigenvalue weighted by Crippen LogP contribution is 2.24. The fraction of sp³-hybridized carbons (Fsp3) is 0.889. The van der Waals surface area contributed by atoms with Crippen LogP contribution in [0.25, 0.3) is 0 Å². The zero-order valence-corrected chi connectivity index (χ0v) is 14.9. The fourth-order valence-electron chi connectivity index (χ4n) is 2.24. The number of rotatable bonds is 9. The lowest BCUT2D eigenvalue weighted by Crippen LogP contribution is -2.27. The molecule has 0 N–H and O–H groups in total. The van der Waals surface area contributed by atoms with Gasteiger partial charge in [0.05, 0.1) is 5.92 Å². The summed E-state index contributed by atoms with van der Waals surface area (Å²) in [5.74, 6) is 0.935. The van der Waals surface area contributed by atoms with Crippen molar-refractivity contribution in [2.24, 2.45) is 29.6 Å². The summed E-state index contributed by atoms with van der Waals surface area (Å²) < 4.78 is 4.99. The van der Waals surface area contributed by atoms with Crippen LogP contribution in [0.5, 0.6) is 0 Å². The van der Waals surface area contributed by atoms with Gasteiger partial charge in [-0.25, -0.2) is 0 Å². The SMILES string of the molecule is CCC(C)C(C)C(C)C(=O)OC(=O)CCCC(C)C(C)C. The molecule has 3 nitrogen and oxygen atoms in total. The Hall–Kier alpha value is -0.860. The van der Waals surface area contributed by atoms with Crippen molar-refractivity contribution in [1.82, 2.24) is 0 Å². The van der Waals surface area contributed by atoms with E-state index in [9.17, 15) is 9.59 Å². The van der Waals surface area contributed by atoms with Crippen molar-refractivity contribution in [2.75, 3.05) is 0 Å². The standard InChI is InChI=1S/C18H34O3/c1-8-13(4)15(6)16(7)18(20)21-17(19)11-9-10-14(5)12(2)3/h12-16H,8-11H2,1-7H3. The number of esters is 2. The summed E-state index contributed by atoms with van der Waals surface area (Å²) in [6.45, 7) is 14.7. The molecule has 0 saturated carbocycles. The van der Waals surface area contributed by atoms with Crippen LogP contribution in [0.1, 0.15) is 74.1 Å². The van der Waals surface area contributed by atoms with Gasteiger partial charge in [0.2, 0.25) is 0 Å². The average molecular weight is 298 g/mol. The largest absolute Gasteiger partial charge is 0.393 e. The van der Waals surface area contributed by atoms with Crippen LogP contribution >= 0.6 is 0 Å².